The summed E-state index contributed by atoms with van der Waals surface area (Å²) in [5.41, 5.74) is 1.90. The van der Waals surface area contributed by atoms with Crippen molar-refractivity contribution >= 4 is 17.7 Å². The lowest BCUT2D eigenvalue weighted by Crippen LogP contribution is -2.35. The van der Waals surface area contributed by atoms with Crippen LogP contribution in [0.4, 0.5) is 0 Å². The molecule has 2 aliphatic rings. The van der Waals surface area contributed by atoms with Crippen LogP contribution in [0.2, 0.25) is 0 Å². The number of rotatable bonds is 8. The Balaban J connectivity index is 1.32. The molecule has 0 unspecified atom stereocenters. The number of nitrogens with one attached hydrogen (secondary N) is 1. The lowest BCUT2D eigenvalue weighted by atomic mass is 9.99. The van der Waals surface area contributed by atoms with E-state index in [1.807, 2.05) is 13.0 Å². The van der Waals surface area contributed by atoms with Gasteiger partial charge >= 0.3 is 0 Å². The maximum absolute atomic E-state index is 12.4. The summed E-state index contributed by atoms with van der Waals surface area (Å²) in [4.78, 5) is 40.5. The first-order valence-corrected chi connectivity index (χ1v) is 10.4. The Morgan fingerprint density at radius 3 is 2.54 bits per heavy atom. The molecule has 6 nitrogen and oxygen atoms in total. The molecule has 0 spiro atoms. The number of amides is 3. The third-order valence-electron chi connectivity index (χ3n) is 5.76. The van der Waals surface area contributed by atoms with E-state index in [1.165, 1.54) is 17.7 Å². The molecular weight excluding hydrogens is 354 g/mol. The van der Waals surface area contributed by atoms with E-state index >= 15 is 0 Å². The van der Waals surface area contributed by atoms with E-state index in [9.17, 15) is 14.4 Å². The van der Waals surface area contributed by atoms with Crippen LogP contribution in [-0.4, -0.2) is 60.2 Å². The molecule has 28 heavy (non-hydrogen) atoms. The van der Waals surface area contributed by atoms with Crippen molar-refractivity contribution in [3.8, 4) is 0 Å². The van der Waals surface area contributed by atoms with Crippen molar-refractivity contribution in [2.45, 2.75) is 46.0 Å². The summed E-state index contributed by atoms with van der Waals surface area (Å²) < 4.78 is 0. The van der Waals surface area contributed by atoms with Crippen molar-refractivity contribution in [3.63, 3.8) is 0 Å². The summed E-state index contributed by atoms with van der Waals surface area (Å²) in [6.07, 6.45) is 4.30. The smallest absolute Gasteiger partial charge is 0.261 e. The Labute approximate surface area is 167 Å². The molecule has 1 fully saturated rings. The van der Waals surface area contributed by atoms with Crippen LogP contribution in [0.1, 0.15) is 65.3 Å². The number of nitrogens with zero attached hydrogens (tertiary/aromatic N) is 2. The summed E-state index contributed by atoms with van der Waals surface area (Å²) in [7, 11) is 0. The van der Waals surface area contributed by atoms with E-state index in [2.05, 4.69) is 17.1 Å². The highest BCUT2D eigenvalue weighted by molar-refractivity contribution is 6.21. The predicted octanol–water partition coefficient (Wildman–Crippen LogP) is 2.61. The van der Waals surface area contributed by atoms with Gasteiger partial charge in [-0.3, -0.25) is 19.3 Å². The molecule has 152 valence electrons. The van der Waals surface area contributed by atoms with Crippen LogP contribution in [0.3, 0.4) is 0 Å². The highest BCUT2D eigenvalue weighted by Gasteiger charge is 2.34. The Kier molecular flexibility index (Phi) is 6.83. The number of benzene rings is 1. The molecule has 3 amide bonds. The maximum Gasteiger partial charge on any atom is 0.261 e. The van der Waals surface area contributed by atoms with Crippen LogP contribution in [0.5, 0.6) is 0 Å². The second kappa shape index (κ2) is 9.32. The number of aryl methyl sites for hydroxylation is 1. The zero-order valence-corrected chi connectivity index (χ0v) is 17.0. The first-order valence-electron chi connectivity index (χ1n) is 10.4. The summed E-state index contributed by atoms with van der Waals surface area (Å²) >= 11 is 0. The maximum atomic E-state index is 12.4. The molecule has 1 N–H and O–H groups in total. The van der Waals surface area contributed by atoms with Crippen molar-refractivity contribution in [3.05, 3.63) is 34.9 Å². The molecule has 0 aromatic heterocycles. The predicted molar refractivity (Wildman–Crippen MR) is 108 cm³/mol. The summed E-state index contributed by atoms with van der Waals surface area (Å²) in [5.74, 6) is 0.318. The van der Waals surface area contributed by atoms with Crippen LogP contribution in [0.25, 0.3) is 0 Å². The van der Waals surface area contributed by atoms with Gasteiger partial charge in [0.05, 0.1) is 11.1 Å². The number of carbonyl (C=O) groups excluding carboxylic acids is 3. The van der Waals surface area contributed by atoms with Gasteiger partial charge in [-0.1, -0.05) is 18.6 Å². The Bertz CT molecular complexity index is 739. The number of hydrogen-bond acceptors (Lipinski definition) is 4. The Morgan fingerprint density at radius 1 is 1.07 bits per heavy atom. The summed E-state index contributed by atoms with van der Waals surface area (Å²) in [5, 5.41) is 2.95. The van der Waals surface area contributed by atoms with E-state index in [0.717, 1.165) is 37.5 Å². The third-order valence-corrected chi connectivity index (χ3v) is 5.76. The van der Waals surface area contributed by atoms with E-state index in [-0.39, 0.29) is 24.3 Å². The Morgan fingerprint density at radius 2 is 1.79 bits per heavy atom. The van der Waals surface area contributed by atoms with Crippen LogP contribution >= 0.6 is 0 Å². The van der Waals surface area contributed by atoms with Crippen molar-refractivity contribution in [2.24, 2.45) is 5.92 Å². The van der Waals surface area contributed by atoms with Crippen LogP contribution in [0, 0.1) is 12.8 Å². The second-order valence-electron chi connectivity index (χ2n) is 8.14. The zero-order chi connectivity index (χ0) is 20.1. The molecule has 0 bridgehead atoms. The van der Waals surface area contributed by atoms with Crippen LogP contribution < -0.4 is 5.32 Å². The van der Waals surface area contributed by atoms with Gasteiger partial charge < -0.3 is 10.2 Å². The number of imide groups is 1. The molecule has 0 aliphatic carbocycles. The van der Waals surface area contributed by atoms with E-state index in [4.69, 9.17) is 0 Å². The fourth-order valence-electron chi connectivity index (χ4n) is 3.91. The normalized spacial score (nSPS) is 17.9. The van der Waals surface area contributed by atoms with Gasteiger partial charge in [0.15, 0.2) is 0 Å². The molecule has 0 atom stereocenters. The second-order valence-corrected chi connectivity index (χ2v) is 8.14. The quantitative estimate of drug-likeness (QED) is 0.552. The van der Waals surface area contributed by atoms with E-state index in [0.29, 0.717) is 30.5 Å². The Hall–Kier alpha value is -2.21. The molecule has 1 aromatic rings. The molecule has 6 heteroatoms. The summed E-state index contributed by atoms with van der Waals surface area (Å²) in [6.45, 7) is 8.52. The van der Waals surface area contributed by atoms with Gasteiger partial charge in [0.25, 0.3) is 11.8 Å². The SMILES string of the molecule is Cc1ccc2c(c1)C(=O)N(CCCC(=O)NCCCN1CCC(C)CC1)C2=O. The fourth-order valence-corrected chi connectivity index (χ4v) is 3.91. The minimum atomic E-state index is -0.253. The van der Waals surface area contributed by atoms with Crippen molar-refractivity contribution in [1.29, 1.82) is 0 Å². The number of fused-ring (bicyclic) bond motifs is 1. The van der Waals surface area contributed by atoms with Gasteiger partial charge in [0.1, 0.15) is 0 Å². The van der Waals surface area contributed by atoms with E-state index < -0.39 is 0 Å². The molecule has 1 saturated heterocycles. The average Bonchev–Trinajstić information content (AvgIpc) is 2.91. The number of piperidine rings is 1. The molecular formula is C22H31N3O3. The molecule has 1 aromatic carbocycles. The van der Waals surface area contributed by atoms with Crippen molar-refractivity contribution in [2.75, 3.05) is 32.7 Å². The van der Waals surface area contributed by atoms with Gasteiger partial charge in [0, 0.05) is 19.5 Å². The van der Waals surface area contributed by atoms with Crippen LogP contribution in [-0.2, 0) is 4.79 Å². The topological polar surface area (TPSA) is 69.7 Å². The average molecular weight is 386 g/mol. The highest BCUT2D eigenvalue weighted by atomic mass is 16.2. The van der Waals surface area contributed by atoms with Crippen LogP contribution in [0.15, 0.2) is 18.2 Å². The van der Waals surface area contributed by atoms with E-state index in [1.54, 1.807) is 12.1 Å². The monoisotopic (exact) mass is 385 g/mol. The van der Waals surface area contributed by atoms with Gasteiger partial charge in [-0.15, -0.1) is 0 Å². The third kappa shape index (κ3) is 4.98. The van der Waals surface area contributed by atoms with Crippen molar-refractivity contribution in [1.82, 2.24) is 15.1 Å². The zero-order valence-electron chi connectivity index (χ0n) is 17.0. The minimum absolute atomic E-state index is 0.0141. The molecule has 2 aliphatic heterocycles. The molecule has 0 saturated carbocycles. The highest BCUT2D eigenvalue weighted by Crippen LogP contribution is 2.24. The van der Waals surface area contributed by atoms with Gasteiger partial charge in [-0.2, -0.15) is 0 Å². The first kappa shape index (κ1) is 20.5. The molecule has 0 radical (unpaired) electrons. The number of hydrogen-bond donors (Lipinski definition) is 1. The lowest BCUT2D eigenvalue weighted by Gasteiger charge is -2.30. The van der Waals surface area contributed by atoms with Crippen molar-refractivity contribution < 1.29 is 14.4 Å². The standard InChI is InChI=1S/C22H31N3O3/c1-16-8-13-24(14-9-16)11-4-10-23-20(26)5-3-12-25-21(27)18-7-6-17(2)15-19(18)22(25)28/h6-7,15-16H,3-5,8-14H2,1-2H3,(H,23,26). The lowest BCUT2D eigenvalue weighted by molar-refractivity contribution is -0.121. The largest absolute Gasteiger partial charge is 0.356 e. The molecule has 3 rings (SSSR count). The van der Waals surface area contributed by atoms with Gasteiger partial charge in [-0.25, -0.2) is 0 Å². The van der Waals surface area contributed by atoms with Gasteiger partial charge in [-0.05, 0) is 70.3 Å². The summed E-state index contributed by atoms with van der Waals surface area (Å²) in [6, 6.07) is 5.30. The van der Waals surface area contributed by atoms with Gasteiger partial charge in [0.2, 0.25) is 5.91 Å². The first-order chi connectivity index (χ1) is 13.5. The number of likely N-dealkylation sites (tertiary alicyclic amines) is 1. The minimum Gasteiger partial charge on any atom is -0.356 e. The fraction of sp³-hybridized carbons (Fsp3) is 0.591. The number of carbonyl (C=O) groups is 3. The molecule has 2 heterocycles.